The molecule has 24 heavy (non-hydrogen) atoms. The monoisotopic (exact) mass is 343 g/mol. The van der Waals surface area contributed by atoms with Crippen molar-refractivity contribution in [1.82, 2.24) is 14.7 Å². The molecule has 0 bridgehead atoms. The number of aryl methyl sites for hydroxylation is 1. The van der Waals surface area contributed by atoms with E-state index >= 15 is 0 Å². The number of carbonyl (C=O) groups is 1. The number of nitrogens with one attached hydrogen (secondary N) is 1. The zero-order valence-corrected chi connectivity index (χ0v) is 14.7. The van der Waals surface area contributed by atoms with Crippen LogP contribution < -0.4 is 10.1 Å². The van der Waals surface area contributed by atoms with Crippen LogP contribution in [0.25, 0.3) is 16.2 Å². The van der Waals surface area contributed by atoms with Gasteiger partial charge < -0.3 is 10.1 Å². The number of rotatable bonds is 7. The van der Waals surface area contributed by atoms with Crippen LogP contribution in [0.15, 0.2) is 35.8 Å². The highest BCUT2D eigenvalue weighted by atomic mass is 32.1. The fourth-order valence-electron chi connectivity index (χ4n) is 2.50. The van der Waals surface area contributed by atoms with Gasteiger partial charge in [0.2, 0.25) is 5.91 Å². The average molecular weight is 343 g/mol. The molecule has 0 aliphatic carbocycles. The fourth-order valence-corrected chi connectivity index (χ4v) is 3.41. The summed E-state index contributed by atoms with van der Waals surface area (Å²) < 4.78 is 7.27. The molecule has 0 atom stereocenters. The number of amides is 1. The molecule has 0 radical (unpaired) electrons. The topological polar surface area (TPSA) is 55.6 Å². The molecule has 0 saturated carbocycles. The van der Waals surface area contributed by atoms with Gasteiger partial charge in [0.05, 0.1) is 12.8 Å². The van der Waals surface area contributed by atoms with Crippen LogP contribution in [0.4, 0.5) is 0 Å². The zero-order valence-electron chi connectivity index (χ0n) is 13.9. The summed E-state index contributed by atoms with van der Waals surface area (Å²) in [6, 6.07) is 7.87. The molecule has 0 spiro atoms. The van der Waals surface area contributed by atoms with Crippen LogP contribution in [0.1, 0.15) is 25.5 Å². The molecular weight excluding hydrogens is 322 g/mol. The predicted octanol–water partition coefficient (Wildman–Crippen LogP) is 3.53. The average Bonchev–Trinajstić information content (AvgIpc) is 3.19. The summed E-state index contributed by atoms with van der Waals surface area (Å²) in [6.07, 6.45) is 4.21. The van der Waals surface area contributed by atoms with Gasteiger partial charge in [0.15, 0.2) is 4.96 Å². The number of nitrogens with zero attached hydrogens (tertiary/aromatic N) is 2. The van der Waals surface area contributed by atoms with E-state index in [0.717, 1.165) is 40.6 Å². The Bertz CT molecular complexity index is 821. The van der Waals surface area contributed by atoms with E-state index < -0.39 is 0 Å². The maximum Gasteiger partial charge on any atom is 0.220 e. The largest absolute Gasteiger partial charge is 0.497 e. The van der Waals surface area contributed by atoms with E-state index in [9.17, 15) is 4.79 Å². The summed E-state index contributed by atoms with van der Waals surface area (Å²) in [7, 11) is 1.66. The molecule has 0 saturated heterocycles. The standard InChI is InChI=1S/C18H21N3O2S/c1-3-10-19-17(22)9-6-14-12-24-18-20-16(11-21(14)18)13-4-7-15(23-2)8-5-13/h4-5,7-8,11-12H,3,6,9-10H2,1-2H3,(H,19,22). The third-order valence-corrected chi connectivity index (χ3v) is 4.74. The Morgan fingerprint density at radius 2 is 2.12 bits per heavy atom. The summed E-state index contributed by atoms with van der Waals surface area (Å²) >= 11 is 1.60. The Balaban J connectivity index is 1.74. The molecule has 5 nitrogen and oxygen atoms in total. The molecule has 126 valence electrons. The molecule has 0 fully saturated rings. The van der Waals surface area contributed by atoms with Crippen molar-refractivity contribution in [3.63, 3.8) is 0 Å². The highest BCUT2D eigenvalue weighted by Crippen LogP contribution is 2.25. The second kappa shape index (κ2) is 7.49. The first-order valence-electron chi connectivity index (χ1n) is 8.08. The van der Waals surface area contributed by atoms with E-state index in [1.807, 2.05) is 30.5 Å². The van der Waals surface area contributed by atoms with Gasteiger partial charge in [-0.3, -0.25) is 9.20 Å². The lowest BCUT2D eigenvalue weighted by atomic mass is 10.1. The summed E-state index contributed by atoms with van der Waals surface area (Å²) in [5.74, 6) is 0.935. The highest BCUT2D eigenvalue weighted by Gasteiger charge is 2.11. The van der Waals surface area contributed by atoms with E-state index in [1.165, 1.54) is 0 Å². The van der Waals surface area contributed by atoms with Crippen LogP contribution in [0, 0.1) is 0 Å². The maximum atomic E-state index is 11.8. The Morgan fingerprint density at radius 3 is 2.83 bits per heavy atom. The second-order valence-corrected chi connectivity index (χ2v) is 6.42. The minimum Gasteiger partial charge on any atom is -0.497 e. The molecule has 3 rings (SSSR count). The van der Waals surface area contributed by atoms with Gasteiger partial charge in [0.1, 0.15) is 5.75 Å². The van der Waals surface area contributed by atoms with E-state index in [2.05, 4.69) is 27.0 Å². The molecule has 1 aromatic carbocycles. The molecule has 0 unspecified atom stereocenters. The number of aromatic nitrogens is 2. The molecule has 1 N–H and O–H groups in total. The van der Waals surface area contributed by atoms with Gasteiger partial charge in [0.25, 0.3) is 0 Å². The number of carbonyl (C=O) groups excluding carboxylic acids is 1. The Morgan fingerprint density at radius 1 is 1.33 bits per heavy atom. The lowest BCUT2D eigenvalue weighted by molar-refractivity contribution is -0.121. The fraction of sp³-hybridized carbons (Fsp3) is 0.333. The van der Waals surface area contributed by atoms with Crippen molar-refractivity contribution in [3.05, 3.63) is 41.5 Å². The first-order chi connectivity index (χ1) is 11.7. The number of benzene rings is 1. The first kappa shape index (κ1) is 16.5. The van der Waals surface area contributed by atoms with Crippen LogP contribution in [0.3, 0.4) is 0 Å². The van der Waals surface area contributed by atoms with Gasteiger partial charge in [0, 0.05) is 35.8 Å². The lowest BCUT2D eigenvalue weighted by Crippen LogP contribution is -2.24. The third kappa shape index (κ3) is 3.59. The van der Waals surface area contributed by atoms with E-state index in [0.29, 0.717) is 12.8 Å². The SMILES string of the molecule is CCCNC(=O)CCc1csc2nc(-c3ccc(OC)cc3)cn12. The van der Waals surface area contributed by atoms with Gasteiger partial charge in [-0.15, -0.1) is 11.3 Å². The van der Waals surface area contributed by atoms with Gasteiger partial charge in [-0.05, 0) is 37.1 Å². The van der Waals surface area contributed by atoms with Crippen LogP contribution in [0.2, 0.25) is 0 Å². The molecule has 1 amide bonds. The van der Waals surface area contributed by atoms with Crippen LogP contribution >= 0.6 is 11.3 Å². The van der Waals surface area contributed by atoms with Crippen molar-refractivity contribution in [2.45, 2.75) is 26.2 Å². The first-order valence-corrected chi connectivity index (χ1v) is 8.96. The number of ether oxygens (including phenoxy) is 1. The molecular formula is C18H21N3O2S. The van der Waals surface area contributed by atoms with Gasteiger partial charge in [-0.25, -0.2) is 4.98 Å². The smallest absolute Gasteiger partial charge is 0.220 e. The van der Waals surface area contributed by atoms with Crippen LogP contribution in [-0.4, -0.2) is 28.9 Å². The van der Waals surface area contributed by atoms with Gasteiger partial charge >= 0.3 is 0 Å². The lowest BCUT2D eigenvalue weighted by Gasteiger charge is -2.03. The zero-order chi connectivity index (χ0) is 16.9. The van der Waals surface area contributed by atoms with Crippen molar-refractivity contribution in [1.29, 1.82) is 0 Å². The van der Waals surface area contributed by atoms with E-state index in [-0.39, 0.29) is 5.91 Å². The van der Waals surface area contributed by atoms with Crippen molar-refractivity contribution in [2.24, 2.45) is 0 Å². The summed E-state index contributed by atoms with van der Waals surface area (Å²) in [6.45, 7) is 2.79. The van der Waals surface area contributed by atoms with Crippen LogP contribution in [-0.2, 0) is 11.2 Å². The molecule has 0 aliphatic heterocycles. The number of thiazole rings is 1. The number of hydrogen-bond acceptors (Lipinski definition) is 4. The predicted molar refractivity (Wildman–Crippen MR) is 96.7 cm³/mol. The summed E-state index contributed by atoms with van der Waals surface area (Å²) in [4.78, 5) is 17.4. The normalized spacial score (nSPS) is 10.9. The third-order valence-electron chi connectivity index (χ3n) is 3.85. The molecule has 6 heteroatoms. The number of imidazole rings is 1. The second-order valence-electron chi connectivity index (χ2n) is 5.58. The van der Waals surface area contributed by atoms with Crippen LogP contribution in [0.5, 0.6) is 5.75 Å². The Labute approximate surface area is 145 Å². The minimum atomic E-state index is 0.103. The summed E-state index contributed by atoms with van der Waals surface area (Å²) in [5.41, 5.74) is 3.11. The van der Waals surface area contributed by atoms with E-state index in [4.69, 9.17) is 4.74 Å². The van der Waals surface area contributed by atoms with Crippen molar-refractivity contribution in [2.75, 3.05) is 13.7 Å². The highest BCUT2D eigenvalue weighted by molar-refractivity contribution is 7.15. The number of fused-ring (bicyclic) bond motifs is 1. The number of methoxy groups -OCH3 is 1. The Kier molecular flexibility index (Phi) is 5.15. The van der Waals surface area contributed by atoms with Crippen molar-refractivity contribution < 1.29 is 9.53 Å². The summed E-state index contributed by atoms with van der Waals surface area (Å²) in [5, 5.41) is 4.99. The molecule has 0 aliphatic rings. The number of hydrogen-bond donors (Lipinski definition) is 1. The van der Waals surface area contributed by atoms with E-state index in [1.54, 1.807) is 18.4 Å². The maximum absolute atomic E-state index is 11.8. The molecule has 3 aromatic rings. The van der Waals surface area contributed by atoms with Crippen molar-refractivity contribution in [3.8, 4) is 17.0 Å². The Hall–Kier alpha value is -2.34. The molecule has 2 heterocycles. The van der Waals surface area contributed by atoms with Gasteiger partial charge in [-0.2, -0.15) is 0 Å². The quantitative estimate of drug-likeness (QED) is 0.714. The molecule has 2 aromatic heterocycles. The minimum absolute atomic E-state index is 0.103. The van der Waals surface area contributed by atoms with Crippen molar-refractivity contribution >= 4 is 22.2 Å². The van der Waals surface area contributed by atoms with Gasteiger partial charge in [-0.1, -0.05) is 6.92 Å².